The van der Waals surface area contributed by atoms with Gasteiger partial charge >= 0.3 is 0 Å². The standard InChI is InChI=1S/C25H46O15.C19H36O10.C13H26O5.C12H24O5/c1-25(2,3)4-5-36-23-21(35)22(40-24-20(34)19(33)16(30)12(8-27)38-24)17(31)13(39-23)9-37-11-6-10(7-26)14(28)18(32)15(11)29;1-19(2,3)4-5-27-18-17(26)16(25)14(23)11(29-18)8-28-10-6-9(7-20)12(21)15(24)13(10)22;1-13(2,3)6-4-5-8-10(15)12(17)11(16)9(7-14)18-8;1-7-8(13)9(14)10(15)11(17-7)16-6-5-12(2,3)4/h10-24,26-35H,4-9H2,1-3H3;9-18,20-26H,4-8H2,1-3H3;8-12,14-17H,4-7H2,1-3H3;7-11,13-15H,5-6H2,1-4H3/t10-,11+,12-,13-,14-,15-,16-,17-,18+,19+,20+,21+,22+,23+,24-;9-,10+,11-,12-,13-,14-,15+,16+,17+,18+;8-,9-,10+,11-,12-;7-,8+,9+,10-,11-/m1110/s1. The van der Waals surface area contributed by atoms with Gasteiger partial charge < -0.3 is 175 Å². The molecule has 24 N–H and O–H groups in total. The van der Waals surface area contributed by atoms with E-state index in [-0.39, 0.29) is 67.5 Å². The van der Waals surface area contributed by atoms with Crippen LogP contribution in [0.2, 0.25) is 0 Å². The molecule has 5 heterocycles. The Labute approximate surface area is 609 Å². The first-order valence-electron chi connectivity index (χ1n) is 36.2. The van der Waals surface area contributed by atoms with E-state index in [1.54, 1.807) is 6.92 Å². The molecule has 2 saturated carbocycles. The first-order chi connectivity index (χ1) is 48.1. The fourth-order valence-electron chi connectivity index (χ4n) is 12.4. The van der Waals surface area contributed by atoms with Gasteiger partial charge in [-0.1, -0.05) is 89.5 Å². The zero-order valence-electron chi connectivity index (χ0n) is 62.5. The van der Waals surface area contributed by atoms with Crippen molar-refractivity contribution in [3.05, 3.63) is 0 Å². The summed E-state index contributed by atoms with van der Waals surface area (Å²) in [5.74, 6) is -1.44. The molecule has 35 atom stereocenters. The zero-order chi connectivity index (χ0) is 79.0. The Morgan fingerprint density at radius 2 is 0.606 bits per heavy atom. The van der Waals surface area contributed by atoms with Crippen LogP contribution in [-0.4, -0.2) is 384 Å². The maximum atomic E-state index is 11.1. The molecule has 104 heavy (non-hydrogen) atoms. The van der Waals surface area contributed by atoms with Crippen LogP contribution in [0.15, 0.2) is 0 Å². The maximum absolute atomic E-state index is 11.1. The number of aliphatic hydroxyl groups is 24. The molecule has 0 aromatic carbocycles. The van der Waals surface area contributed by atoms with E-state index in [1.807, 2.05) is 41.5 Å². The summed E-state index contributed by atoms with van der Waals surface area (Å²) in [6, 6.07) is 0. The average Bonchev–Trinajstić information content (AvgIpc) is 0.775. The summed E-state index contributed by atoms with van der Waals surface area (Å²) < 4.78 is 61.2. The number of ether oxygens (including phenoxy) is 11. The second-order valence-electron chi connectivity index (χ2n) is 33.4. The van der Waals surface area contributed by atoms with Crippen molar-refractivity contribution >= 4 is 0 Å². The van der Waals surface area contributed by atoms with Crippen molar-refractivity contribution in [3.8, 4) is 0 Å². The molecule has 0 unspecified atom stereocenters. The number of hydrogen-bond donors (Lipinski definition) is 24. The third-order valence-corrected chi connectivity index (χ3v) is 19.7. The molecule has 7 rings (SSSR count). The lowest BCUT2D eigenvalue weighted by molar-refractivity contribution is -0.362. The van der Waals surface area contributed by atoms with E-state index in [0.29, 0.717) is 25.9 Å². The largest absolute Gasteiger partial charge is 0.396 e. The molecule has 0 spiro atoms. The van der Waals surface area contributed by atoms with Crippen LogP contribution in [0.3, 0.4) is 0 Å². The summed E-state index contributed by atoms with van der Waals surface area (Å²) in [6.07, 6.45) is -37.8. The quantitative estimate of drug-likeness (QED) is 0.0427. The molecule has 2 aliphatic carbocycles. The Morgan fingerprint density at radius 3 is 1.00 bits per heavy atom. The molecule has 7 fully saturated rings. The summed E-state index contributed by atoms with van der Waals surface area (Å²) in [7, 11) is 0. The van der Waals surface area contributed by atoms with Crippen molar-refractivity contribution in [2.75, 3.05) is 59.5 Å². The SMILES string of the molecule is CC(C)(C)CCC[C@H]1O[C@H](CO)[C@@H](O)[C@H](O)[C@H]1O.CC(C)(C)CCO[C@H]1O[C@H](CO[C@H]2C[C@H](CO)[C@@H](O)[C@H](O)[C@@H]2O)[C@@H](O)[C@H](O)[C@@H]1O.CC(C)(C)CCO[C@H]1O[C@H](CO[C@H]2C[C@H](CO)[C@@H](O)[C@H](O)[C@@H]2O)[C@@H](O)[C@H](O[C@H]2O[C@H](CO)[C@@H](O)[C@H](O)[C@@H]2O)[C@@H]1O.C[C@@H]1O[C@H](OCCC(C)(C)C)[C@@H](O)[C@H](O)[C@@H]1O. The van der Waals surface area contributed by atoms with Gasteiger partial charge in [-0.2, -0.15) is 0 Å². The van der Waals surface area contributed by atoms with Crippen molar-refractivity contribution in [2.45, 2.75) is 344 Å². The highest BCUT2D eigenvalue weighted by Crippen LogP contribution is 2.36. The maximum Gasteiger partial charge on any atom is 0.187 e. The van der Waals surface area contributed by atoms with Crippen LogP contribution in [0.1, 0.15) is 141 Å². The second-order valence-corrected chi connectivity index (χ2v) is 33.4. The van der Waals surface area contributed by atoms with E-state index in [1.165, 1.54) is 0 Å². The molecule has 35 nitrogen and oxygen atoms in total. The van der Waals surface area contributed by atoms with Gasteiger partial charge in [-0.25, -0.2) is 0 Å². The molecule has 0 bridgehead atoms. The van der Waals surface area contributed by atoms with Crippen LogP contribution in [0.5, 0.6) is 0 Å². The van der Waals surface area contributed by atoms with Gasteiger partial charge in [0.2, 0.25) is 0 Å². The molecule has 35 heteroatoms. The minimum absolute atomic E-state index is 0.00234. The van der Waals surface area contributed by atoms with Gasteiger partial charge in [0.05, 0.1) is 82.9 Å². The third-order valence-electron chi connectivity index (χ3n) is 19.7. The van der Waals surface area contributed by atoms with Gasteiger partial charge in [-0.15, -0.1) is 0 Å². The molecule has 0 amide bonds. The van der Waals surface area contributed by atoms with Gasteiger partial charge in [-0.3, -0.25) is 0 Å². The van der Waals surface area contributed by atoms with Crippen molar-refractivity contribution < 1.29 is 175 Å². The van der Waals surface area contributed by atoms with Crippen LogP contribution in [0.25, 0.3) is 0 Å². The Morgan fingerprint density at radius 1 is 0.288 bits per heavy atom. The van der Waals surface area contributed by atoms with E-state index < -0.39 is 234 Å². The first-order valence-corrected chi connectivity index (χ1v) is 36.2. The van der Waals surface area contributed by atoms with Crippen molar-refractivity contribution in [2.24, 2.45) is 33.5 Å². The highest BCUT2D eigenvalue weighted by atomic mass is 16.7. The minimum atomic E-state index is -1.80. The zero-order valence-corrected chi connectivity index (χ0v) is 62.5. The Hall–Kier alpha value is -1.40. The Balaban J connectivity index is 0.000000313. The second kappa shape index (κ2) is 42.5. The average molecular weight is 1520 g/mol. The third kappa shape index (κ3) is 28.1. The van der Waals surface area contributed by atoms with Gasteiger partial charge in [-0.05, 0) is 73.5 Å². The van der Waals surface area contributed by atoms with Gasteiger partial charge in [0.15, 0.2) is 25.2 Å². The molecule has 0 aromatic rings. The Bertz CT molecular complexity index is 2340. The molecular formula is C69H132O35. The van der Waals surface area contributed by atoms with Crippen LogP contribution in [0, 0.1) is 33.5 Å². The van der Waals surface area contributed by atoms with Crippen LogP contribution in [-0.2, 0) is 52.1 Å². The lowest BCUT2D eigenvalue weighted by Gasteiger charge is -2.46. The minimum Gasteiger partial charge on any atom is -0.396 e. The van der Waals surface area contributed by atoms with Crippen molar-refractivity contribution in [1.29, 1.82) is 0 Å². The molecule has 618 valence electrons. The van der Waals surface area contributed by atoms with Gasteiger partial charge in [0.25, 0.3) is 0 Å². The van der Waals surface area contributed by atoms with E-state index in [9.17, 15) is 117 Å². The van der Waals surface area contributed by atoms with E-state index in [2.05, 4.69) is 41.5 Å². The number of hydrogen-bond acceptors (Lipinski definition) is 35. The summed E-state index contributed by atoms with van der Waals surface area (Å²) in [4.78, 5) is 0. The number of rotatable bonds is 24. The van der Waals surface area contributed by atoms with Crippen molar-refractivity contribution in [1.82, 2.24) is 0 Å². The van der Waals surface area contributed by atoms with Gasteiger partial charge in [0.1, 0.15) is 140 Å². The Kier molecular flexibility index (Phi) is 38.8. The predicted molar refractivity (Wildman–Crippen MR) is 361 cm³/mol. The molecule has 5 aliphatic heterocycles. The van der Waals surface area contributed by atoms with Crippen LogP contribution in [0.4, 0.5) is 0 Å². The molecule has 5 saturated heterocycles. The van der Waals surface area contributed by atoms with Crippen molar-refractivity contribution in [3.63, 3.8) is 0 Å². The lowest BCUT2D eigenvalue weighted by Crippen LogP contribution is -2.65. The highest BCUT2D eigenvalue weighted by molar-refractivity contribution is 4.99. The lowest BCUT2D eigenvalue weighted by atomic mass is 9.81. The van der Waals surface area contributed by atoms with Crippen LogP contribution < -0.4 is 0 Å². The van der Waals surface area contributed by atoms with E-state index in [4.69, 9.17) is 57.2 Å². The topological polar surface area (TPSA) is 587 Å². The smallest absolute Gasteiger partial charge is 0.187 e. The monoisotopic (exact) mass is 1520 g/mol. The summed E-state index contributed by atoms with van der Waals surface area (Å²) in [5, 5.41) is 239. The summed E-state index contributed by atoms with van der Waals surface area (Å²) >= 11 is 0. The number of aliphatic hydroxyl groups excluding tert-OH is 24. The predicted octanol–water partition coefficient (Wildman–Crippen LogP) is -6.41. The van der Waals surface area contributed by atoms with Crippen LogP contribution >= 0.6 is 0 Å². The van der Waals surface area contributed by atoms with E-state index >= 15 is 0 Å². The van der Waals surface area contributed by atoms with Gasteiger partial charge in [0, 0.05) is 25.0 Å². The first kappa shape index (κ1) is 95.0. The normalized spacial score (nSPS) is 43.3. The summed E-state index contributed by atoms with van der Waals surface area (Å²) in [6.45, 7) is 24.7. The summed E-state index contributed by atoms with van der Waals surface area (Å²) in [5.41, 5.74) is 0.253. The fourth-order valence-corrected chi connectivity index (χ4v) is 12.4. The molecular weight excluding hydrogens is 1390 g/mol. The molecule has 7 aliphatic rings. The highest BCUT2D eigenvalue weighted by Gasteiger charge is 2.54. The molecule has 0 aromatic heterocycles. The van der Waals surface area contributed by atoms with E-state index in [0.717, 1.165) is 19.3 Å². The fraction of sp³-hybridized carbons (Fsp3) is 1.00. The molecule has 0 radical (unpaired) electrons.